The molecule has 3 N–H and O–H groups in total. The molecule has 0 radical (unpaired) electrons. The Balaban J connectivity index is 2.30. The second-order valence-corrected chi connectivity index (χ2v) is 6.61. The van der Waals surface area contributed by atoms with E-state index in [4.69, 9.17) is 15.0 Å². The number of hydrogen-bond donors (Lipinski definition) is 2. The Morgan fingerprint density at radius 1 is 1.19 bits per heavy atom. The monoisotopic (exact) mass is 289 g/mol. The molecule has 0 spiro atoms. The Labute approximate surface area is 127 Å². The van der Waals surface area contributed by atoms with E-state index in [0.717, 1.165) is 16.6 Å². The van der Waals surface area contributed by atoms with Gasteiger partial charge in [0.25, 0.3) is 0 Å². The number of aromatic hydroxyl groups is 1. The molecule has 1 aromatic rings. The van der Waals surface area contributed by atoms with Gasteiger partial charge in [-0.2, -0.15) is 0 Å². The first-order valence-corrected chi connectivity index (χ1v) is 7.21. The third kappa shape index (κ3) is 3.31. The molecular weight excluding hydrogens is 265 g/mol. The molecule has 0 unspecified atom stereocenters. The second-order valence-electron chi connectivity index (χ2n) is 6.61. The SMILES string of the molecule is Cc1cc(O)cc(C=C(CN)B2OC(C)(C)C(C)(C)O2)c1. The fourth-order valence-electron chi connectivity index (χ4n) is 2.31. The Morgan fingerprint density at radius 3 is 2.24 bits per heavy atom. The molecule has 1 saturated heterocycles. The summed E-state index contributed by atoms with van der Waals surface area (Å²) in [7, 11) is -0.456. The number of rotatable bonds is 3. The summed E-state index contributed by atoms with van der Waals surface area (Å²) in [6.45, 7) is 10.3. The molecule has 0 amide bonds. The topological polar surface area (TPSA) is 64.7 Å². The van der Waals surface area contributed by atoms with Crippen LogP contribution in [-0.4, -0.2) is 30.0 Å². The lowest BCUT2D eigenvalue weighted by molar-refractivity contribution is 0.00578. The van der Waals surface area contributed by atoms with E-state index in [1.807, 2.05) is 46.8 Å². The van der Waals surface area contributed by atoms with Crippen LogP contribution in [0.25, 0.3) is 6.08 Å². The van der Waals surface area contributed by atoms with Gasteiger partial charge in [-0.25, -0.2) is 0 Å². The van der Waals surface area contributed by atoms with Crippen LogP contribution in [0.15, 0.2) is 23.7 Å². The fourth-order valence-corrected chi connectivity index (χ4v) is 2.31. The van der Waals surface area contributed by atoms with Crippen molar-refractivity contribution in [3.63, 3.8) is 0 Å². The van der Waals surface area contributed by atoms with Crippen LogP contribution in [0, 0.1) is 6.92 Å². The molecule has 114 valence electrons. The van der Waals surface area contributed by atoms with Crippen LogP contribution in [0.5, 0.6) is 5.75 Å². The smallest absolute Gasteiger partial charge is 0.491 e. The van der Waals surface area contributed by atoms with Gasteiger partial charge in [0.1, 0.15) is 5.75 Å². The maximum absolute atomic E-state index is 9.69. The lowest BCUT2D eigenvalue weighted by atomic mass is 9.77. The zero-order valence-electron chi connectivity index (χ0n) is 13.4. The van der Waals surface area contributed by atoms with E-state index in [-0.39, 0.29) is 17.0 Å². The molecule has 1 aliphatic heterocycles. The van der Waals surface area contributed by atoms with Gasteiger partial charge in [0, 0.05) is 6.54 Å². The summed E-state index contributed by atoms with van der Waals surface area (Å²) in [4.78, 5) is 0. The maximum Gasteiger partial charge on any atom is 0.491 e. The minimum atomic E-state index is -0.456. The normalized spacial score (nSPS) is 20.9. The number of benzene rings is 1. The highest BCUT2D eigenvalue weighted by Crippen LogP contribution is 2.38. The zero-order chi connectivity index (χ0) is 15.8. The van der Waals surface area contributed by atoms with Crippen molar-refractivity contribution in [1.29, 1.82) is 0 Å². The van der Waals surface area contributed by atoms with Crippen molar-refractivity contribution in [2.75, 3.05) is 6.54 Å². The van der Waals surface area contributed by atoms with Crippen molar-refractivity contribution in [2.24, 2.45) is 5.73 Å². The summed E-state index contributed by atoms with van der Waals surface area (Å²) in [6, 6.07) is 5.41. The predicted molar refractivity (Wildman–Crippen MR) is 86.0 cm³/mol. The summed E-state index contributed by atoms with van der Waals surface area (Å²) in [6.07, 6.45) is 1.93. The third-order valence-electron chi connectivity index (χ3n) is 4.23. The van der Waals surface area contributed by atoms with Crippen molar-refractivity contribution in [2.45, 2.75) is 45.8 Å². The number of phenolic OH excluding ortho intramolecular Hbond substituents is 1. The largest absolute Gasteiger partial charge is 0.508 e. The lowest BCUT2D eigenvalue weighted by Crippen LogP contribution is -2.41. The lowest BCUT2D eigenvalue weighted by Gasteiger charge is -2.32. The first-order valence-electron chi connectivity index (χ1n) is 7.21. The van der Waals surface area contributed by atoms with E-state index in [9.17, 15) is 5.11 Å². The van der Waals surface area contributed by atoms with Gasteiger partial charge >= 0.3 is 7.12 Å². The van der Waals surface area contributed by atoms with Crippen LogP contribution in [-0.2, 0) is 9.31 Å². The van der Waals surface area contributed by atoms with Crippen molar-refractivity contribution >= 4 is 13.2 Å². The highest BCUT2D eigenvalue weighted by atomic mass is 16.7. The number of aryl methyl sites for hydroxylation is 1. The van der Waals surface area contributed by atoms with Crippen molar-refractivity contribution in [3.8, 4) is 5.75 Å². The first kappa shape index (κ1) is 16.1. The third-order valence-corrected chi connectivity index (χ3v) is 4.23. The van der Waals surface area contributed by atoms with Crippen LogP contribution in [0.4, 0.5) is 0 Å². The Hall–Kier alpha value is -1.30. The van der Waals surface area contributed by atoms with Gasteiger partial charge < -0.3 is 20.1 Å². The molecule has 1 aromatic carbocycles. The summed E-state index contributed by atoms with van der Waals surface area (Å²) >= 11 is 0. The van der Waals surface area contributed by atoms with Gasteiger partial charge in [0.15, 0.2) is 0 Å². The molecule has 0 saturated carbocycles. The number of hydrogen-bond acceptors (Lipinski definition) is 4. The Morgan fingerprint density at radius 2 is 1.76 bits per heavy atom. The quantitative estimate of drug-likeness (QED) is 0.840. The van der Waals surface area contributed by atoms with Crippen molar-refractivity contribution in [3.05, 3.63) is 34.8 Å². The zero-order valence-corrected chi connectivity index (χ0v) is 13.4. The molecule has 0 bridgehead atoms. The predicted octanol–water partition coefficient (Wildman–Crippen LogP) is 2.67. The van der Waals surface area contributed by atoms with Crippen LogP contribution in [0.3, 0.4) is 0 Å². The van der Waals surface area contributed by atoms with E-state index in [0.29, 0.717) is 6.54 Å². The maximum atomic E-state index is 9.69. The molecule has 1 heterocycles. The molecule has 2 rings (SSSR count). The van der Waals surface area contributed by atoms with Gasteiger partial charge in [-0.05, 0) is 63.4 Å². The van der Waals surface area contributed by atoms with Gasteiger partial charge in [-0.15, -0.1) is 0 Å². The highest BCUT2D eigenvalue weighted by Gasteiger charge is 2.52. The molecule has 21 heavy (non-hydrogen) atoms. The molecule has 5 heteroatoms. The minimum absolute atomic E-state index is 0.242. The molecule has 0 aromatic heterocycles. The van der Waals surface area contributed by atoms with Crippen LogP contribution in [0.2, 0.25) is 0 Å². The average molecular weight is 289 g/mol. The number of phenols is 1. The molecule has 0 aliphatic carbocycles. The van der Waals surface area contributed by atoms with Crippen LogP contribution < -0.4 is 5.73 Å². The molecule has 0 atom stereocenters. The van der Waals surface area contributed by atoms with Gasteiger partial charge in [-0.3, -0.25) is 0 Å². The summed E-state index contributed by atoms with van der Waals surface area (Å²) < 4.78 is 12.0. The van der Waals surface area contributed by atoms with Crippen LogP contribution in [0.1, 0.15) is 38.8 Å². The standard InChI is InChI=1S/C16H24BNO3/c1-11-6-12(9-14(19)7-11)8-13(10-18)17-20-15(2,3)16(4,5)21-17/h6-9,19H,10,18H2,1-5H3. The van der Waals surface area contributed by atoms with E-state index in [1.54, 1.807) is 12.1 Å². The fraction of sp³-hybridized carbons (Fsp3) is 0.500. The van der Waals surface area contributed by atoms with Crippen molar-refractivity contribution < 1.29 is 14.4 Å². The molecule has 1 fully saturated rings. The average Bonchev–Trinajstić information content (AvgIpc) is 2.54. The highest BCUT2D eigenvalue weighted by molar-refractivity contribution is 6.55. The van der Waals surface area contributed by atoms with Crippen LogP contribution >= 0.6 is 0 Å². The van der Waals surface area contributed by atoms with Gasteiger partial charge in [0.2, 0.25) is 0 Å². The Kier molecular flexibility index (Phi) is 4.20. The van der Waals surface area contributed by atoms with Gasteiger partial charge in [-0.1, -0.05) is 12.1 Å². The van der Waals surface area contributed by atoms with Crippen molar-refractivity contribution in [1.82, 2.24) is 0 Å². The van der Waals surface area contributed by atoms with E-state index >= 15 is 0 Å². The second kappa shape index (κ2) is 5.48. The van der Waals surface area contributed by atoms with E-state index in [2.05, 4.69) is 0 Å². The van der Waals surface area contributed by atoms with Gasteiger partial charge in [0.05, 0.1) is 11.2 Å². The summed E-state index contributed by atoms with van der Waals surface area (Å²) in [5.74, 6) is 0.242. The molecule has 4 nitrogen and oxygen atoms in total. The van der Waals surface area contributed by atoms with E-state index in [1.165, 1.54) is 0 Å². The number of nitrogens with two attached hydrogens (primary N) is 1. The Bertz CT molecular complexity index is 530. The molecular formula is C16H24BNO3. The minimum Gasteiger partial charge on any atom is -0.508 e. The molecule has 1 aliphatic rings. The summed E-state index contributed by atoms with van der Waals surface area (Å²) in [5.41, 5.74) is 7.83. The summed E-state index contributed by atoms with van der Waals surface area (Å²) in [5, 5.41) is 9.69. The van der Waals surface area contributed by atoms with E-state index < -0.39 is 7.12 Å². The first-order chi connectivity index (χ1) is 9.64.